The van der Waals surface area contributed by atoms with E-state index in [1.165, 1.54) is 0 Å². The van der Waals surface area contributed by atoms with Crippen molar-refractivity contribution >= 4 is 23.2 Å². The third kappa shape index (κ3) is 4.01. The summed E-state index contributed by atoms with van der Waals surface area (Å²) in [6.07, 6.45) is -0.283. The molecule has 2 heterocycles. The van der Waals surface area contributed by atoms with Crippen LogP contribution in [0.4, 0.5) is 0 Å². The Morgan fingerprint density at radius 2 is 1.70 bits per heavy atom. The summed E-state index contributed by atoms with van der Waals surface area (Å²) in [5.41, 5.74) is 2.03. The van der Waals surface area contributed by atoms with Gasteiger partial charge in [0.05, 0.1) is 6.10 Å². The Kier molecular flexibility index (Phi) is 5.51. The molecule has 23 heavy (non-hydrogen) atoms. The zero-order valence-corrected chi connectivity index (χ0v) is 15.3. The van der Waals surface area contributed by atoms with Crippen LogP contribution in [-0.4, -0.2) is 78.3 Å². The fourth-order valence-corrected chi connectivity index (χ4v) is 4.07. The number of aliphatic hydroxyl groups is 1. The first-order chi connectivity index (χ1) is 10.9. The highest BCUT2D eigenvalue weighted by molar-refractivity contribution is 6.36. The molecule has 0 radical (unpaired) electrons. The first-order valence-corrected chi connectivity index (χ1v) is 8.97. The molecule has 0 aromatic heterocycles. The zero-order chi connectivity index (χ0) is 16.6. The normalized spacial score (nSPS) is 27.7. The first-order valence-electron chi connectivity index (χ1n) is 8.21. The van der Waals surface area contributed by atoms with Gasteiger partial charge in [0.1, 0.15) is 0 Å². The van der Waals surface area contributed by atoms with Gasteiger partial charge in [-0.15, -0.1) is 0 Å². The number of piperazine rings is 1. The molecule has 2 aliphatic rings. The number of nitrogens with zero attached hydrogens (tertiary/aromatic N) is 3. The minimum absolute atomic E-state index is 0.236. The van der Waals surface area contributed by atoms with E-state index in [-0.39, 0.29) is 12.1 Å². The Bertz CT molecular complexity index is 538. The molecule has 0 saturated carbocycles. The predicted octanol–water partition coefficient (Wildman–Crippen LogP) is 2.09. The monoisotopic (exact) mass is 357 g/mol. The van der Waals surface area contributed by atoms with Crippen molar-refractivity contribution in [3.8, 4) is 0 Å². The number of rotatable bonds is 3. The third-order valence-electron chi connectivity index (χ3n) is 5.09. The summed E-state index contributed by atoms with van der Waals surface area (Å²) < 4.78 is 0. The minimum atomic E-state index is -0.283. The van der Waals surface area contributed by atoms with Gasteiger partial charge in [0, 0.05) is 61.9 Å². The van der Waals surface area contributed by atoms with Crippen molar-refractivity contribution < 1.29 is 5.11 Å². The van der Waals surface area contributed by atoms with Crippen molar-refractivity contribution in [2.45, 2.75) is 25.6 Å². The Hall–Kier alpha value is -0.360. The largest absolute Gasteiger partial charge is 0.390 e. The van der Waals surface area contributed by atoms with E-state index in [0.29, 0.717) is 16.6 Å². The number of hydrogen-bond acceptors (Lipinski definition) is 4. The Labute approximate surface area is 148 Å². The minimum Gasteiger partial charge on any atom is -0.390 e. The van der Waals surface area contributed by atoms with Crippen molar-refractivity contribution in [2.24, 2.45) is 0 Å². The second kappa shape index (κ2) is 7.26. The van der Waals surface area contributed by atoms with Crippen molar-refractivity contribution in [2.75, 3.05) is 46.3 Å². The van der Waals surface area contributed by atoms with Crippen LogP contribution in [0.25, 0.3) is 0 Å². The molecule has 0 bridgehead atoms. The highest BCUT2D eigenvalue weighted by Crippen LogP contribution is 2.27. The van der Waals surface area contributed by atoms with Crippen LogP contribution in [0.2, 0.25) is 10.0 Å². The van der Waals surface area contributed by atoms with Crippen molar-refractivity contribution in [3.63, 3.8) is 0 Å². The summed E-state index contributed by atoms with van der Waals surface area (Å²) in [4.78, 5) is 7.07. The SMILES string of the molecule is Cc1c(Cl)cc(CN2C[C@H](O)[C@@H](N3CCN(C)CC3)C2)cc1Cl. The molecule has 2 fully saturated rings. The van der Waals surface area contributed by atoms with Crippen LogP contribution >= 0.6 is 23.2 Å². The summed E-state index contributed by atoms with van der Waals surface area (Å²) in [6.45, 7) is 8.54. The lowest BCUT2D eigenvalue weighted by Crippen LogP contribution is -2.52. The number of hydrogen-bond donors (Lipinski definition) is 1. The third-order valence-corrected chi connectivity index (χ3v) is 5.87. The van der Waals surface area contributed by atoms with Crippen molar-refractivity contribution in [3.05, 3.63) is 33.3 Å². The number of benzene rings is 1. The summed E-state index contributed by atoms with van der Waals surface area (Å²) in [7, 11) is 2.15. The molecule has 1 aromatic rings. The molecule has 0 aliphatic carbocycles. The van der Waals surface area contributed by atoms with Crippen LogP contribution in [-0.2, 0) is 6.54 Å². The number of likely N-dealkylation sites (tertiary alicyclic amines) is 1. The van der Waals surface area contributed by atoms with Gasteiger partial charge in [0.15, 0.2) is 0 Å². The van der Waals surface area contributed by atoms with Gasteiger partial charge in [-0.3, -0.25) is 9.80 Å². The average Bonchev–Trinajstić information content (AvgIpc) is 2.86. The second-order valence-corrected chi connectivity index (χ2v) is 7.67. The van der Waals surface area contributed by atoms with E-state index in [0.717, 1.165) is 50.4 Å². The maximum atomic E-state index is 10.5. The molecule has 128 valence electrons. The predicted molar refractivity (Wildman–Crippen MR) is 95.3 cm³/mol. The Morgan fingerprint density at radius 1 is 1.09 bits per heavy atom. The van der Waals surface area contributed by atoms with Gasteiger partial charge in [-0.1, -0.05) is 23.2 Å². The Morgan fingerprint density at radius 3 is 2.30 bits per heavy atom. The quantitative estimate of drug-likeness (QED) is 0.896. The van der Waals surface area contributed by atoms with Crippen LogP contribution in [0.5, 0.6) is 0 Å². The van der Waals surface area contributed by atoms with Crippen molar-refractivity contribution in [1.29, 1.82) is 0 Å². The van der Waals surface area contributed by atoms with Crippen LogP contribution in [0.3, 0.4) is 0 Å². The molecule has 3 rings (SSSR count). The molecule has 1 N–H and O–H groups in total. The maximum Gasteiger partial charge on any atom is 0.0834 e. The summed E-state index contributed by atoms with van der Waals surface area (Å²) in [5.74, 6) is 0. The van der Waals surface area contributed by atoms with Gasteiger partial charge in [-0.25, -0.2) is 0 Å². The fraction of sp³-hybridized carbons (Fsp3) is 0.647. The van der Waals surface area contributed by atoms with E-state index in [2.05, 4.69) is 21.7 Å². The van der Waals surface area contributed by atoms with Gasteiger partial charge >= 0.3 is 0 Å². The fourth-order valence-electron chi connectivity index (χ4n) is 3.54. The van der Waals surface area contributed by atoms with Gasteiger partial charge in [-0.2, -0.15) is 0 Å². The highest BCUT2D eigenvalue weighted by Gasteiger charge is 2.36. The molecule has 2 saturated heterocycles. The molecule has 0 amide bonds. The number of β-amino-alcohol motifs (C(OH)–C–C–N with tert-alkyl or cyclic N) is 1. The van der Waals surface area contributed by atoms with Crippen LogP contribution in [0, 0.1) is 6.92 Å². The lowest BCUT2D eigenvalue weighted by Gasteiger charge is -2.37. The van der Waals surface area contributed by atoms with E-state index < -0.39 is 0 Å². The van der Waals surface area contributed by atoms with E-state index in [4.69, 9.17) is 23.2 Å². The van der Waals surface area contributed by atoms with Crippen LogP contribution in [0.15, 0.2) is 12.1 Å². The molecule has 0 unspecified atom stereocenters. The van der Waals surface area contributed by atoms with Gasteiger partial charge in [0.2, 0.25) is 0 Å². The molecular weight excluding hydrogens is 333 g/mol. The number of likely N-dealkylation sites (N-methyl/N-ethyl adjacent to an activating group) is 1. The summed E-state index contributed by atoms with van der Waals surface area (Å²) in [6, 6.07) is 4.21. The van der Waals surface area contributed by atoms with E-state index in [9.17, 15) is 5.11 Å². The molecular formula is C17H25Cl2N3O. The highest BCUT2D eigenvalue weighted by atomic mass is 35.5. The first kappa shape index (κ1) is 17.5. The van der Waals surface area contributed by atoms with Gasteiger partial charge in [0.25, 0.3) is 0 Å². The van der Waals surface area contributed by atoms with E-state index in [1.807, 2.05) is 19.1 Å². The van der Waals surface area contributed by atoms with Crippen LogP contribution < -0.4 is 0 Å². The Balaban J connectivity index is 1.62. The van der Waals surface area contributed by atoms with Gasteiger partial charge < -0.3 is 10.0 Å². The summed E-state index contributed by atoms with van der Waals surface area (Å²) in [5, 5.41) is 11.9. The van der Waals surface area contributed by atoms with Gasteiger partial charge in [-0.05, 0) is 37.2 Å². The molecule has 6 heteroatoms. The standard InChI is InChI=1S/C17H25Cl2N3O/c1-12-14(18)7-13(8-15(12)19)9-21-10-16(17(23)11-21)22-5-3-20(2)4-6-22/h7-8,16-17,23H,3-6,9-11H2,1-2H3/t16-,17-/m0/s1. The smallest absolute Gasteiger partial charge is 0.0834 e. The maximum absolute atomic E-state index is 10.5. The molecule has 2 atom stereocenters. The van der Waals surface area contributed by atoms with E-state index in [1.54, 1.807) is 0 Å². The molecule has 0 spiro atoms. The van der Waals surface area contributed by atoms with E-state index >= 15 is 0 Å². The number of aliphatic hydroxyl groups excluding tert-OH is 1. The van der Waals surface area contributed by atoms with Crippen LogP contribution in [0.1, 0.15) is 11.1 Å². The zero-order valence-electron chi connectivity index (χ0n) is 13.8. The summed E-state index contributed by atoms with van der Waals surface area (Å²) >= 11 is 12.5. The molecule has 1 aromatic carbocycles. The topological polar surface area (TPSA) is 30.0 Å². The second-order valence-electron chi connectivity index (χ2n) is 6.85. The average molecular weight is 358 g/mol. The lowest BCUT2D eigenvalue weighted by atomic mass is 10.1. The number of halogens is 2. The molecule has 4 nitrogen and oxygen atoms in total. The lowest BCUT2D eigenvalue weighted by molar-refractivity contribution is 0.0512. The molecule has 2 aliphatic heterocycles. The van der Waals surface area contributed by atoms with Crippen molar-refractivity contribution in [1.82, 2.24) is 14.7 Å².